The summed E-state index contributed by atoms with van der Waals surface area (Å²) in [5, 5.41) is 14.0. The Hall–Kier alpha value is -2.20. The molecule has 0 fully saturated rings. The molecule has 0 aliphatic rings. The van der Waals surface area contributed by atoms with Crippen LogP contribution in [-0.2, 0) is 23.5 Å². The number of carboxylic acid groups (broad SMARTS) is 1. The van der Waals surface area contributed by atoms with Crippen molar-refractivity contribution in [2.45, 2.75) is 11.4 Å². The average molecular weight is 299 g/mol. The van der Waals surface area contributed by atoms with E-state index in [1.807, 2.05) is 0 Å². The Morgan fingerprint density at radius 3 is 2.90 bits per heavy atom. The minimum Gasteiger partial charge on any atom is -0.478 e. The van der Waals surface area contributed by atoms with Gasteiger partial charge < -0.3 is 9.67 Å². The molecule has 108 valence electrons. The van der Waals surface area contributed by atoms with E-state index in [1.54, 1.807) is 24.0 Å². The van der Waals surface area contributed by atoms with E-state index in [2.05, 4.69) is 19.9 Å². The van der Waals surface area contributed by atoms with Crippen molar-refractivity contribution < 1.29 is 18.3 Å². The lowest BCUT2D eigenvalue weighted by Crippen LogP contribution is -2.28. The van der Waals surface area contributed by atoms with Crippen LogP contribution in [0, 0.1) is 0 Å². The fourth-order valence-electron chi connectivity index (χ4n) is 1.64. The summed E-state index contributed by atoms with van der Waals surface area (Å²) in [5.41, 5.74) is -0.394. The van der Waals surface area contributed by atoms with Crippen LogP contribution in [0.5, 0.6) is 0 Å². The van der Waals surface area contributed by atoms with Gasteiger partial charge in [0.15, 0.2) is 5.03 Å². The molecule has 2 aromatic heterocycles. The average Bonchev–Trinajstić information content (AvgIpc) is 2.98. The number of nitrogens with zero attached hydrogens (tertiary/aromatic N) is 3. The van der Waals surface area contributed by atoms with Gasteiger partial charge in [-0.2, -0.15) is 5.10 Å². The van der Waals surface area contributed by atoms with E-state index in [-0.39, 0.29) is 6.54 Å². The molecule has 2 heterocycles. The number of hydrogen-bond acceptors (Lipinski definition) is 5. The van der Waals surface area contributed by atoms with Crippen LogP contribution in [0.25, 0.3) is 0 Å². The van der Waals surface area contributed by atoms with Crippen molar-refractivity contribution >= 4 is 16.0 Å². The standard InChI is InChI=1S/C10H13N5O4S/c1-15-5-4-11-8(15)2-3-13-20(18,19)9-7(10(16)17)6-12-14-9/h4-6,13H,2-3H2,1H3,(H,12,14)(H,16,17). The van der Waals surface area contributed by atoms with Crippen molar-refractivity contribution in [1.82, 2.24) is 24.5 Å². The van der Waals surface area contributed by atoms with Crippen LogP contribution in [-0.4, -0.2) is 45.8 Å². The summed E-state index contributed by atoms with van der Waals surface area (Å²) in [6.45, 7) is 0.102. The second kappa shape index (κ2) is 5.43. The number of carbonyl (C=O) groups is 1. The zero-order valence-corrected chi connectivity index (χ0v) is 11.4. The van der Waals surface area contributed by atoms with E-state index in [9.17, 15) is 13.2 Å². The number of carboxylic acids is 1. The first-order valence-corrected chi connectivity index (χ1v) is 7.12. The Labute approximate surface area is 114 Å². The third-order valence-electron chi connectivity index (χ3n) is 2.67. The highest BCUT2D eigenvalue weighted by Crippen LogP contribution is 2.11. The Morgan fingerprint density at radius 1 is 1.55 bits per heavy atom. The lowest BCUT2D eigenvalue weighted by molar-refractivity contribution is 0.0692. The molecule has 2 aromatic rings. The van der Waals surface area contributed by atoms with E-state index >= 15 is 0 Å². The monoisotopic (exact) mass is 299 g/mol. The molecule has 0 saturated heterocycles. The second-order valence-corrected chi connectivity index (χ2v) is 5.72. The molecule has 0 bridgehead atoms. The number of rotatable bonds is 6. The predicted molar refractivity (Wildman–Crippen MR) is 67.6 cm³/mol. The minimum atomic E-state index is -3.94. The van der Waals surface area contributed by atoms with Crippen molar-refractivity contribution in [3.05, 3.63) is 30.0 Å². The third-order valence-corrected chi connectivity index (χ3v) is 4.10. The van der Waals surface area contributed by atoms with Gasteiger partial charge in [0.1, 0.15) is 11.4 Å². The van der Waals surface area contributed by atoms with Crippen LogP contribution in [0.4, 0.5) is 0 Å². The van der Waals surface area contributed by atoms with Gasteiger partial charge in [-0.25, -0.2) is 22.9 Å². The summed E-state index contributed by atoms with van der Waals surface area (Å²) in [5.74, 6) is -0.640. The number of hydrogen-bond donors (Lipinski definition) is 3. The zero-order chi connectivity index (χ0) is 14.8. The fraction of sp³-hybridized carbons (Fsp3) is 0.300. The second-order valence-electron chi connectivity index (χ2n) is 4.02. The highest BCUT2D eigenvalue weighted by molar-refractivity contribution is 7.89. The minimum absolute atomic E-state index is 0.102. The van der Waals surface area contributed by atoms with Gasteiger partial charge in [0, 0.05) is 32.4 Å². The molecule has 3 N–H and O–H groups in total. The molecule has 20 heavy (non-hydrogen) atoms. The van der Waals surface area contributed by atoms with Crippen molar-refractivity contribution in [1.29, 1.82) is 0 Å². The van der Waals surface area contributed by atoms with Crippen LogP contribution in [0.3, 0.4) is 0 Å². The molecule has 0 saturated carbocycles. The molecule has 0 radical (unpaired) electrons. The normalized spacial score (nSPS) is 11.7. The Morgan fingerprint density at radius 2 is 2.30 bits per heavy atom. The molecule has 0 spiro atoms. The van der Waals surface area contributed by atoms with Crippen molar-refractivity contribution in [2.75, 3.05) is 6.54 Å². The molecular weight excluding hydrogens is 286 g/mol. The van der Waals surface area contributed by atoms with Crippen LogP contribution >= 0.6 is 0 Å². The predicted octanol–water partition coefficient (Wildman–Crippen LogP) is -0.638. The lowest BCUT2D eigenvalue weighted by atomic mass is 10.4. The van der Waals surface area contributed by atoms with Gasteiger partial charge >= 0.3 is 5.97 Å². The van der Waals surface area contributed by atoms with Crippen molar-refractivity contribution in [3.63, 3.8) is 0 Å². The molecule has 0 atom stereocenters. The summed E-state index contributed by atoms with van der Waals surface area (Å²) < 4.78 is 28.0. The molecule has 9 nitrogen and oxygen atoms in total. The Bertz CT molecular complexity index is 718. The molecule has 2 rings (SSSR count). The van der Waals surface area contributed by atoms with E-state index < -0.39 is 26.6 Å². The number of aromatic nitrogens is 4. The van der Waals surface area contributed by atoms with Crippen LogP contribution < -0.4 is 4.72 Å². The topological polar surface area (TPSA) is 130 Å². The number of nitrogens with one attached hydrogen (secondary N) is 2. The zero-order valence-electron chi connectivity index (χ0n) is 10.6. The third kappa shape index (κ3) is 2.86. The summed E-state index contributed by atoms with van der Waals surface area (Å²) >= 11 is 0. The molecule has 10 heteroatoms. The van der Waals surface area contributed by atoms with Gasteiger partial charge in [-0.15, -0.1) is 0 Å². The maximum absolute atomic E-state index is 12.0. The molecule has 0 aromatic carbocycles. The van der Waals surface area contributed by atoms with E-state index in [0.29, 0.717) is 6.42 Å². The number of aromatic amines is 1. The van der Waals surface area contributed by atoms with Gasteiger partial charge in [-0.3, -0.25) is 5.10 Å². The largest absolute Gasteiger partial charge is 0.478 e. The fourth-order valence-corrected chi connectivity index (χ4v) is 2.76. The molecule has 0 aliphatic carbocycles. The molecule has 0 aliphatic heterocycles. The Kier molecular flexibility index (Phi) is 3.86. The molecular formula is C10H13N5O4S. The number of aromatic carboxylic acids is 1. The first-order valence-electron chi connectivity index (χ1n) is 5.64. The van der Waals surface area contributed by atoms with Gasteiger partial charge in [-0.05, 0) is 0 Å². The SMILES string of the molecule is Cn1ccnc1CCNS(=O)(=O)c1[nH]ncc1C(=O)O. The first-order chi connectivity index (χ1) is 9.42. The van der Waals surface area contributed by atoms with Crippen LogP contribution in [0.2, 0.25) is 0 Å². The maximum Gasteiger partial charge on any atom is 0.340 e. The van der Waals surface area contributed by atoms with E-state index in [4.69, 9.17) is 5.11 Å². The van der Waals surface area contributed by atoms with Gasteiger partial charge in [-0.1, -0.05) is 0 Å². The van der Waals surface area contributed by atoms with Gasteiger partial charge in [0.25, 0.3) is 10.0 Å². The summed E-state index contributed by atoms with van der Waals surface area (Å²) in [6.07, 6.45) is 4.71. The van der Waals surface area contributed by atoms with Crippen LogP contribution in [0.1, 0.15) is 16.2 Å². The van der Waals surface area contributed by atoms with Crippen LogP contribution in [0.15, 0.2) is 23.6 Å². The van der Waals surface area contributed by atoms with E-state index in [0.717, 1.165) is 12.0 Å². The first kappa shape index (κ1) is 14.2. The summed E-state index contributed by atoms with van der Waals surface area (Å²) in [6, 6.07) is 0. The number of H-pyrrole nitrogens is 1. The Balaban J connectivity index is 2.06. The van der Waals surface area contributed by atoms with E-state index in [1.165, 1.54) is 0 Å². The summed E-state index contributed by atoms with van der Waals surface area (Å²) in [7, 11) is -2.14. The highest BCUT2D eigenvalue weighted by atomic mass is 32.2. The number of sulfonamides is 1. The number of imidazole rings is 1. The maximum atomic E-state index is 12.0. The lowest BCUT2D eigenvalue weighted by Gasteiger charge is -2.05. The quantitative estimate of drug-likeness (QED) is 0.650. The van der Waals surface area contributed by atoms with Crippen molar-refractivity contribution in [3.8, 4) is 0 Å². The summed E-state index contributed by atoms with van der Waals surface area (Å²) in [4.78, 5) is 14.9. The smallest absolute Gasteiger partial charge is 0.340 e. The highest BCUT2D eigenvalue weighted by Gasteiger charge is 2.24. The van der Waals surface area contributed by atoms with Gasteiger partial charge in [0.05, 0.1) is 6.20 Å². The van der Waals surface area contributed by atoms with Gasteiger partial charge in [0.2, 0.25) is 0 Å². The van der Waals surface area contributed by atoms with Crippen molar-refractivity contribution in [2.24, 2.45) is 7.05 Å². The molecule has 0 amide bonds. The number of aryl methyl sites for hydroxylation is 1. The molecule has 0 unspecified atom stereocenters.